The fourth-order valence-electron chi connectivity index (χ4n) is 2.62. The molecule has 0 bridgehead atoms. The number of nitrogens with zero attached hydrogens (tertiary/aromatic N) is 3. The van der Waals surface area contributed by atoms with Crippen molar-refractivity contribution in [2.45, 2.75) is 6.92 Å². The van der Waals surface area contributed by atoms with Gasteiger partial charge in [-0.2, -0.15) is 0 Å². The van der Waals surface area contributed by atoms with Gasteiger partial charge in [-0.05, 0) is 31.2 Å². The van der Waals surface area contributed by atoms with Crippen molar-refractivity contribution < 1.29 is 14.1 Å². The second-order valence-corrected chi connectivity index (χ2v) is 6.21. The summed E-state index contributed by atoms with van der Waals surface area (Å²) in [6, 6.07) is 9.02. The smallest absolute Gasteiger partial charge is 0.292 e. The number of aryl methyl sites for hydroxylation is 1. The van der Waals surface area contributed by atoms with E-state index >= 15 is 0 Å². The van der Waals surface area contributed by atoms with Gasteiger partial charge in [0.25, 0.3) is 5.91 Å². The van der Waals surface area contributed by atoms with Gasteiger partial charge in [0, 0.05) is 43.8 Å². The zero-order chi connectivity index (χ0) is 16.9. The highest BCUT2D eigenvalue weighted by atomic mass is 35.5. The number of amides is 1. The van der Waals surface area contributed by atoms with Crippen LogP contribution in [0.4, 0.5) is 0 Å². The summed E-state index contributed by atoms with van der Waals surface area (Å²) in [6.07, 6.45) is 0. The molecular weight excluding hydrogens is 330 g/mol. The van der Waals surface area contributed by atoms with Crippen LogP contribution in [0.1, 0.15) is 16.2 Å². The SMILES string of the molecule is Cc1cc(C(=O)N2CCN(CCOc3ccc(Cl)cc3)CC2)on1. The lowest BCUT2D eigenvalue weighted by Crippen LogP contribution is -2.49. The van der Waals surface area contributed by atoms with Crippen molar-refractivity contribution in [1.29, 1.82) is 0 Å². The van der Waals surface area contributed by atoms with Gasteiger partial charge in [0.15, 0.2) is 0 Å². The third kappa shape index (κ3) is 4.27. The normalized spacial score (nSPS) is 15.5. The van der Waals surface area contributed by atoms with Crippen LogP contribution in [0, 0.1) is 6.92 Å². The fourth-order valence-corrected chi connectivity index (χ4v) is 2.74. The van der Waals surface area contributed by atoms with Crippen LogP contribution in [0.2, 0.25) is 5.02 Å². The van der Waals surface area contributed by atoms with Gasteiger partial charge in [0.1, 0.15) is 12.4 Å². The number of piperazine rings is 1. The summed E-state index contributed by atoms with van der Waals surface area (Å²) < 4.78 is 10.8. The van der Waals surface area contributed by atoms with Crippen LogP contribution in [0.5, 0.6) is 5.75 Å². The molecule has 0 radical (unpaired) electrons. The first-order valence-corrected chi connectivity index (χ1v) is 8.33. The molecule has 1 aromatic carbocycles. The van der Waals surface area contributed by atoms with E-state index in [1.165, 1.54) is 0 Å². The minimum Gasteiger partial charge on any atom is -0.492 e. The molecule has 0 aliphatic carbocycles. The summed E-state index contributed by atoms with van der Waals surface area (Å²) in [7, 11) is 0. The predicted octanol–water partition coefficient (Wildman–Crippen LogP) is 2.47. The number of hydrogen-bond donors (Lipinski definition) is 0. The maximum absolute atomic E-state index is 12.3. The van der Waals surface area contributed by atoms with Crippen LogP contribution < -0.4 is 4.74 Å². The van der Waals surface area contributed by atoms with Gasteiger partial charge in [-0.25, -0.2) is 0 Å². The molecule has 2 aromatic rings. The van der Waals surface area contributed by atoms with Crippen LogP contribution in [-0.2, 0) is 0 Å². The molecule has 1 fully saturated rings. The summed E-state index contributed by atoms with van der Waals surface area (Å²) in [5.41, 5.74) is 0.719. The molecule has 2 heterocycles. The zero-order valence-electron chi connectivity index (χ0n) is 13.6. The Balaban J connectivity index is 1.40. The lowest BCUT2D eigenvalue weighted by molar-refractivity contribution is 0.0581. The Labute approximate surface area is 145 Å². The molecule has 0 unspecified atom stereocenters. The van der Waals surface area contributed by atoms with Crippen molar-refractivity contribution in [3.05, 3.63) is 46.8 Å². The standard InChI is InChI=1S/C17H20ClN3O3/c1-13-12-16(24-19-13)17(22)21-8-6-20(7-9-21)10-11-23-15-4-2-14(18)3-5-15/h2-5,12H,6-11H2,1H3. The quantitative estimate of drug-likeness (QED) is 0.830. The molecule has 1 amide bonds. The summed E-state index contributed by atoms with van der Waals surface area (Å²) in [5, 5.41) is 4.46. The molecule has 24 heavy (non-hydrogen) atoms. The van der Waals surface area contributed by atoms with Crippen LogP contribution in [-0.4, -0.2) is 60.2 Å². The molecule has 0 N–H and O–H groups in total. The summed E-state index contributed by atoms with van der Waals surface area (Å²) >= 11 is 5.85. The van der Waals surface area contributed by atoms with Gasteiger partial charge in [0.05, 0.1) is 5.69 Å². The predicted molar refractivity (Wildman–Crippen MR) is 90.5 cm³/mol. The van der Waals surface area contributed by atoms with E-state index in [0.717, 1.165) is 31.1 Å². The summed E-state index contributed by atoms with van der Waals surface area (Å²) in [6.45, 7) is 6.24. The molecule has 1 aliphatic heterocycles. The first-order chi connectivity index (χ1) is 11.6. The summed E-state index contributed by atoms with van der Waals surface area (Å²) in [5.74, 6) is 1.04. The lowest BCUT2D eigenvalue weighted by atomic mass is 10.2. The van der Waals surface area contributed by atoms with E-state index in [-0.39, 0.29) is 5.91 Å². The topological polar surface area (TPSA) is 58.8 Å². The number of halogens is 1. The highest BCUT2D eigenvalue weighted by Gasteiger charge is 2.24. The van der Waals surface area contributed by atoms with Gasteiger partial charge >= 0.3 is 0 Å². The Morgan fingerprint density at radius 2 is 1.96 bits per heavy atom. The molecule has 128 valence electrons. The average molecular weight is 350 g/mol. The molecule has 0 atom stereocenters. The highest BCUT2D eigenvalue weighted by molar-refractivity contribution is 6.30. The van der Waals surface area contributed by atoms with Crippen LogP contribution in [0.3, 0.4) is 0 Å². The number of carbonyl (C=O) groups is 1. The minimum atomic E-state index is -0.0901. The molecule has 0 spiro atoms. The molecular formula is C17H20ClN3O3. The highest BCUT2D eigenvalue weighted by Crippen LogP contribution is 2.15. The number of ether oxygens (including phenoxy) is 1. The molecule has 1 aliphatic rings. The van der Waals surface area contributed by atoms with E-state index in [0.29, 0.717) is 30.5 Å². The van der Waals surface area contributed by atoms with Crippen molar-refractivity contribution >= 4 is 17.5 Å². The number of rotatable bonds is 5. The Morgan fingerprint density at radius 3 is 2.58 bits per heavy atom. The largest absolute Gasteiger partial charge is 0.492 e. The van der Waals surface area contributed by atoms with E-state index in [4.69, 9.17) is 20.9 Å². The molecule has 6 nitrogen and oxygen atoms in total. The van der Waals surface area contributed by atoms with E-state index in [1.807, 2.05) is 24.3 Å². The fraction of sp³-hybridized carbons (Fsp3) is 0.412. The maximum Gasteiger partial charge on any atom is 0.292 e. The molecule has 0 saturated carbocycles. The van der Waals surface area contributed by atoms with Crippen molar-refractivity contribution in [2.75, 3.05) is 39.3 Å². The average Bonchev–Trinajstić information content (AvgIpc) is 3.03. The van der Waals surface area contributed by atoms with E-state index < -0.39 is 0 Å². The van der Waals surface area contributed by atoms with E-state index in [1.54, 1.807) is 17.9 Å². The number of benzene rings is 1. The van der Waals surface area contributed by atoms with E-state index in [2.05, 4.69) is 10.1 Å². The second kappa shape index (κ2) is 7.68. The van der Waals surface area contributed by atoms with Gasteiger partial charge in [-0.1, -0.05) is 16.8 Å². The lowest BCUT2D eigenvalue weighted by Gasteiger charge is -2.34. The van der Waals surface area contributed by atoms with Gasteiger partial charge in [0.2, 0.25) is 5.76 Å². The van der Waals surface area contributed by atoms with Crippen LogP contribution in [0.15, 0.2) is 34.9 Å². The molecule has 1 aromatic heterocycles. The van der Waals surface area contributed by atoms with Gasteiger partial charge in [-0.3, -0.25) is 9.69 Å². The van der Waals surface area contributed by atoms with Crippen molar-refractivity contribution in [2.24, 2.45) is 0 Å². The van der Waals surface area contributed by atoms with Crippen molar-refractivity contribution in [1.82, 2.24) is 15.0 Å². The first kappa shape index (κ1) is 16.8. The third-order valence-electron chi connectivity index (χ3n) is 3.99. The number of aromatic nitrogens is 1. The molecule has 3 rings (SSSR count). The van der Waals surface area contributed by atoms with Gasteiger partial charge < -0.3 is 14.2 Å². The number of carbonyl (C=O) groups excluding carboxylic acids is 1. The van der Waals surface area contributed by atoms with Crippen LogP contribution >= 0.6 is 11.6 Å². The van der Waals surface area contributed by atoms with Crippen LogP contribution in [0.25, 0.3) is 0 Å². The number of hydrogen-bond acceptors (Lipinski definition) is 5. The Kier molecular flexibility index (Phi) is 5.37. The maximum atomic E-state index is 12.3. The monoisotopic (exact) mass is 349 g/mol. The minimum absolute atomic E-state index is 0.0901. The van der Waals surface area contributed by atoms with E-state index in [9.17, 15) is 4.79 Å². The Morgan fingerprint density at radius 1 is 1.25 bits per heavy atom. The third-order valence-corrected chi connectivity index (χ3v) is 4.24. The van der Waals surface area contributed by atoms with Gasteiger partial charge in [-0.15, -0.1) is 0 Å². The van der Waals surface area contributed by atoms with Crippen molar-refractivity contribution in [3.8, 4) is 5.75 Å². The first-order valence-electron chi connectivity index (χ1n) is 7.95. The Hall–Kier alpha value is -2.05. The Bertz CT molecular complexity index is 679. The van der Waals surface area contributed by atoms with Crippen molar-refractivity contribution in [3.63, 3.8) is 0 Å². The zero-order valence-corrected chi connectivity index (χ0v) is 14.3. The molecule has 1 saturated heterocycles. The second-order valence-electron chi connectivity index (χ2n) is 5.77. The summed E-state index contributed by atoms with van der Waals surface area (Å²) in [4.78, 5) is 16.4. The molecule has 7 heteroatoms.